The molecule has 0 unspecified atom stereocenters. The van der Waals surface area contributed by atoms with Crippen LogP contribution in [-0.4, -0.2) is 37.2 Å². The zero-order valence-corrected chi connectivity index (χ0v) is 15.0. The highest BCUT2D eigenvalue weighted by Gasteiger charge is 2.20. The van der Waals surface area contributed by atoms with Crippen molar-refractivity contribution in [3.05, 3.63) is 41.1 Å². The van der Waals surface area contributed by atoms with E-state index in [1.807, 2.05) is 0 Å². The predicted molar refractivity (Wildman–Crippen MR) is 90.2 cm³/mol. The second-order valence-electron chi connectivity index (χ2n) is 4.94. The molecule has 0 bridgehead atoms. The van der Waals surface area contributed by atoms with Gasteiger partial charge in [-0.2, -0.15) is 4.98 Å². The van der Waals surface area contributed by atoms with Crippen LogP contribution < -0.4 is 5.32 Å². The first-order valence-corrected chi connectivity index (χ1v) is 9.17. The molecule has 0 atom stereocenters. The maximum absolute atomic E-state index is 14.1. The molecule has 134 valence electrons. The van der Waals surface area contributed by atoms with Gasteiger partial charge in [0.15, 0.2) is 15.7 Å². The van der Waals surface area contributed by atoms with E-state index in [0.29, 0.717) is 0 Å². The minimum absolute atomic E-state index is 0.0537. The van der Waals surface area contributed by atoms with Crippen molar-refractivity contribution in [3.63, 3.8) is 0 Å². The number of nitrogens with zero attached hydrogens (tertiary/aromatic N) is 2. The van der Waals surface area contributed by atoms with Crippen molar-refractivity contribution < 1.29 is 22.3 Å². The van der Waals surface area contributed by atoms with Crippen LogP contribution in [0.3, 0.4) is 0 Å². The van der Waals surface area contributed by atoms with Crippen LogP contribution in [0.15, 0.2) is 29.3 Å². The molecule has 0 fully saturated rings. The van der Waals surface area contributed by atoms with Gasteiger partial charge in [-0.15, -0.1) is 0 Å². The summed E-state index contributed by atoms with van der Waals surface area (Å²) in [6.45, 7) is 1.48. The highest BCUT2D eigenvalue weighted by molar-refractivity contribution is 7.91. The van der Waals surface area contributed by atoms with E-state index < -0.39 is 21.6 Å². The predicted octanol–water partition coefficient (Wildman–Crippen LogP) is 2.52. The van der Waals surface area contributed by atoms with Crippen molar-refractivity contribution in [1.82, 2.24) is 9.97 Å². The standard InChI is InChI=1S/C15H15ClFN3O4S/c1-3-25(22,23)12-8-18-15(16)20-14(12)19-10-5-4-9(11(17)7-10)6-13(21)24-2/h4-5,7-8H,3,6H2,1-2H3,(H,18,19,20). The van der Waals surface area contributed by atoms with Crippen LogP contribution in [0.4, 0.5) is 15.9 Å². The number of carbonyl (C=O) groups excluding carboxylic acids is 1. The van der Waals surface area contributed by atoms with Gasteiger partial charge >= 0.3 is 5.97 Å². The zero-order valence-electron chi connectivity index (χ0n) is 13.4. The molecule has 0 aliphatic rings. The number of ether oxygens (including phenoxy) is 1. The van der Waals surface area contributed by atoms with Gasteiger partial charge in [0.25, 0.3) is 0 Å². The average Bonchev–Trinajstić information content (AvgIpc) is 2.57. The van der Waals surface area contributed by atoms with Crippen LogP contribution in [0.5, 0.6) is 0 Å². The van der Waals surface area contributed by atoms with Gasteiger partial charge in [0, 0.05) is 5.69 Å². The Labute approximate surface area is 149 Å². The molecule has 0 radical (unpaired) electrons. The van der Waals surface area contributed by atoms with E-state index in [1.165, 1.54) is 26.2 Å². The molecule has 0 aliphatic carbocycles. The number of benzene rings is 1. The van der Waals surface area contributed by atoms with Crippen molar-refractivity contribution in [3.8, 4) is 0 Å². The third-order valence-electron chi connectivity index (χ3n) is 3.32. The highest BCUT2D eigenvalue weighted by atomic mass is 35.5. The van der Waals surface area contributed by atoms with Gasteiger partial charge in [-0.05, 0) is 29.3 Å². The molecular formula is C15H15ClFN3O4S. The molecule has 1 heterocycles. The lowest BCUT2D eigenvalue weighted by atomic mass is 10.1. The molecule has 1 aromatic carbocycles. The molecule has 7 nitrogen and oxygen atoms in total. The number of halogens is 2. The average molecular weight is 388 g/mol. The number of methoxy groups -OCH3 is 1. The lowest BCUT2D eigenvalue weighted by Crippen LogP contribution is -2.10. The Morgan fingerprint density at radius 2 is 2.12 bits per heavy atom. The first kappa shape index (κ1) is 19.1. The maximum atomic E-state index is 14.1. The largest absolute Gasteiger partial charge is 0.469 e. The summed E-state index contributed by atoms with van der Waals surface area (Å²) in [5.41, 5.74) is 0.396. The zero-order chi connectivity index (χ0) is 18.6. The number of aromatic nitrogens is 2. The number of carbonyl (C=O) groups is 1. The maximum Gasteiger partial charge on any atom is 0.310 e. The van der Waals surface area contributed by atoms with Gasteiger partial charge in [-0.25, -0.2) is 17.8 Å². The summed E-state index contributed by atoms with van der Waals surface area (Å²) >= 11 is 5.72. The SMILES string of the molecule is CCS(=O)(=O)c1cnc(Cl)nc1Nc1ccc(CC(=O)OC)c(F)c1. The van der Waals surface area contributed by atoms with Crippen molar-refractivity contribution in [1.29, 1.82) is 0 Å². The van der Waals surface area contributed by atoms with Crippen LogP contribution in [0.2, 0.25) is 5.28 Å². The summed E-state index contributed by atoms with van der Waals surface area (Å²) in [4.78, 5) is 18.6. The van der Waals surface area contributed by atoms with Crippen molar-refractivity contribution in [2.24, 2.45) is 0 Å². The summed E-state index contributed by atoms with van der Waals surface area (Å²) in [6.07, 6.45) is 0.885. The number of hydrogen-bond donors (Lipinski definition) is 1. The first-order valence-electron chi connectivity index (χ1n) is 7.14. The quantitative estimate of drug-likeness (QED) is 0.600. The monoisotopic (exact) mass is 387 g/mol. The topological polar surface area (TPSA) is 98.3 Å². The van der Waals surface area contributed by atoms with Gasteiger partial charge in [-0.1, -0.05) is 13.0 Å². The fourth-order valence-corrected chi connectivity index (χ4v) is 3.00. The number of nitrogens with one attached hydrogen (secondary N) is 1. The molecule has 0 amide bonds. The number of hydrogen-bond acceptors (Lipinski definition) is 7. The molecular weight excluding hydrogens is 373 g/mol. The Morgan fingerprint density at radius 1 is 1.40 bits per heavy atom. The molecule has 0 spiro atoms. The van der Waals surface area contributed by atoms with Gasteiger partial charge < -0.3 is 10.1 Å². The third kappa shape index (κ3) is 4.64. The van der Waals surface area contributed by atoms with E-state index in [2.05, 4.69) is 20.0 Å². The summed E-state index contributed by atoms with van der Waals surface area (Å²) in [5.74, 6) is -1.42. The Bertz CT molecular complexity index is 906. The molecule has 10 heteroatoms. The number of sulfone groups is 1. The molecule has 25 heavy (non-hydrogen) atoms. The van der Waals surface area contributed by atoms with Crippen molar-refractivity contribution >= 4 is 38.9 Å². The van der Waals surface area contributed by atoms with Gasteiger partial charge in [0.2, 0.25) is 5.28 Å². The Balaban J connectivity index is 2.36. The van der Waals surface area contributed by atoms with E-state index in [9.17, 15) is 17.6 Å². The Morgan fingerprint density at radius 3 is 2.72 bits per heavy atom. The molecule has 2 aromatic rings. The minimum atomic E-state index is -3.60. The van der Waals surface area contributed by atoms with Gasteiger partial charge in [0.05, 0.1) is 25.5 Å². The lowest BCUT2D eigenvalue weighted by molar-refractivity contribution is -0.139. The second-order valence-corrected chi connectivity index (χ2v) is 7.52. The molecule has 0 aliphatic heterocycles. The fraction of sp³-hybridized carbons (Fsp3) is 0.267. The summed E-state index contributed by atoms with van der Waals surface area (Å²) in [6, 6.07) is 4.00. The molecule has 0 saturated carbocycles. The minimum Gasteiger partial charge on any atom is -0.469 e. The fourth-order valence-electron chi connectivity index (χ4n) is 1.95. The van der Waals surface area contributed by atoms with Crippen LogP contribution in [0, 0.1) is 5.82 Å². The smallest absolute Gasteiger partial charge is 0.310 e. The lowest BCUT2D eigenvalue weighted by Gasteiger charge is -2.11. The van der Waals surface area contributed by atoms with Gasteiger partial charge in [0.1, 0.15) is 10.7 Å². The number of esters is 1. The summed E-state index contributed by atoms with van der Waals surface area (Å²) in [5, 5.41) is 2.57. The molecule has 2 rings (SSSR count). The Hall–Kier alpha value is -2.26. The Kier molecular flexibility index (Phi) is 5.91. The molecule has 1 N–H and O–H groups in total. The summed E-state index contributed by atoms with van der Waals surface area (Å²) < 4.78 is 42.8. The first-order chi connectivity index (χ1) is 11.8. The van der Waals surface area contributed by atoms with Crippen LogP contribution >= 0.6 is 11.6 Å². The summed E-state index contributed by atoms with van der Waals surface area (Å²) in [7, 11) is -2.39. The van der Waals surface area contributed by atoms with E-state index in [0.717, 1.165) is 12.3 Å². The van der Waals surface area contributed by atoms with Crippen LogP contribution in [0.25, 0.3) is 0 Å². The van der Waals surface area contributed by atoms with E-state index in [4.69, 9.17) is 11.6 Å². The highest BCUT2D eigenvalue weighted by Crippen LogP contribution is 2.25. The van der Waals surface area contributed by atoms with E-state index in [-0.39, 0.29) is 39.4 Å². The van der Waals surface area contributed by atoms with E-state index >= 15 is 0 Å². The number of rotatable bonds is 6. The van der Waals surface area contributed by atoms with Crippen LogP contribution in [-0.2, 0) is 25.8 Å². The van der Waals surface area contributed by atoms with E-state index in [1.54, 1.807) is 0 Å². The van der Waals surface area contributed by atoms with Crippen molar-refractivity contribution in [2.75, 3.05) is 18.2 Å². The van der Waals surface area contributed by atoms with Crippen molar-refractivity contribution in [2.45, 2.75) is 18.2 Å². The van der Waals surface area contributed by atoms with Crippen LogP contribution in [0.1, 0.15) is 12.5 Å². The molecule has 0 saturated heterocycles. The van der Waals surface area contributed by atoms with Gasteiger partial charge in [-0.3, -0.25) is 4.79 Å². The normalized spacial score (nSPS) is 11.2. The second kappa shape index (κ2) is 7.75. The third-order valence-corrected chi connectivity index (χ3v) is 5.23. The number of anilines is 2. The molecule has 1 aromatic heterocycles.